The molecule has 0 spiro atoms. The molecule has 0 aliphatic carbocycles. The molecule has 3 rings (SSSR count). The Morgan fingerprint density at radius 1 is 1.13 bits per heavy atom. The molecule has 0 aliphatic heterocycles. The zero-order chi connectivity index (χ0) is 22.2. The Morgan fingerprint density at radius 3 is 2.52 bits per heavy atom. The number of anilines is 1. The van der Waals surface area contributed by atoms with Crippen LogP contribution in [0.3, 0.4) is 0 Å². The molecular formula is C23H16BrN3O4. The number of benzene rings is 3. The molecule has 0 aliphatic rings. The molecule has 31 heavy (non-hydrogen) atoms. The Balaban J connectivity index is 1.75. The number of para-hydroxylation sites is 2. The Kier molecular flexibility index (Phi) is 7.14. The molecule has 7 nitrogen and oxygen atoms in total. The fourth-order valence-corrected chi connectivity index (χ4v) is 3.21. The maximum atomic E-state index is 12.5. The van der Waals surface area contributed by atoms with E-state index >= 15 is 0 Å². The number of rotatable bonds is 7. The highest BCUT2D eigenvalue weighted by molar-refractivity contribution is 9.10. The lowest BCUT2D eigenvalue weighted by atomic mass is 10.1. The molecule has 0 atom stereocenters. The first-order valence-electron chi connectivity index (χ1n) is 9.11. The van der Waals surface area contributed by atoms with Crippen LogP contribution in [0.1, 0.15) is 11.1 Å². The molecule has 1 N–H and O–H groups in total. The van der Waals surface area contributed by atoms with E-state index < -0.39 is 10.8 Å². The first kappa shape index (κ1) is 21.7. The maximum absolute atomic E-state index is 12.5. The van der Waals surface area contributed by atoms with E-state index in [0.717, 1.165) is 5.56 Å². The summed E-state index contributed by atoms with van der Waals surface area (Å²) in [6.07, 6.45) is 1.40. The van der Waals surface area contributed by atoms with Gasteiger partial charge in [0.05, 0.1) is 9.40 Å². The number of nitrogens with one attached hydrogen (secondary N) is 1. The molecule has 8 heteroatoms. The lowest BCUT2D eigenvalue weighted by molar-refractivity contribution is -0.383. The number of ether oxygens (including phenoxy) is 1. The third-order valence-electron chi connectivity index (χ3n) is 4.22. The van der Waals surface area contributed by atoms with E-state index in [9.17, 15) is 20.2 Å². The number of hydrogen-bond donors (Lipinski definition) is 1. The average molecular weight is 478 g/mol. The van der Waals surface area contributed by atoms with Gasteiger partial charge in [-0.25, -0.2) is 0 Å². The van der Waals surface area contributed by atoms with Crippen LogP contribution >= 0.6 is 15.9 Å². The van der Waals surface area contributed by atoms with Crippen molar-refractivity contribution in [3.63, 3.8) is 0 Å². The molecule has 154 valence electrons. The van der Waals surface area contributed by atoms with Crippen molar-refractivity contribution in [2.24, 2.45) is 0 Å². The highest BCUT2D eigenvalue weighted by Gasteiger charge is 2.17. The molecule has 3 aromatic rings. The summed E-state index contributed by atoms with van der Waals surface area (Å²) in [6.45, 7) is 0.399. The molecule has 1 amide bonds. The molecule has 0 fully saturated rings. The number of nitriles is 1. The number of halogens is 1. The number of nitrogens with zero attached hydrogens (tertiary/aromatic N) is 2. The van der Waals surface area contributed by atoms with Crippen LogP contribution in [-0.2, 0) is 11.4 Å². The first-order chi connectivity index (χ1) is 15.0. The Morgan fingerprint density at radius 2 is 1.84 bits per heavy atom. The number of amides is 1. The number of carbonyl (C=O) groups is 1. The van der Waals surface area contributed by atoms with Crippen LogP contribution < -0.4 is 10.1 Å². The van der Waals surface area contributed by atoms with Crippen molar-refractivity contribution >= 4 is 39.3 Å². The van der Waals surface area contributed by atoms with Gasteiger partial charge in [-0.3, -0.25) is 14.9 Å². The minimum atomic E-state index is -0.739. The topological polar surface area (TPSA) is 105 Å². The molecule has 0 saturated heterocycles. The van der Waals surface area contributed by atoms with E-state index in [2.05, 4.69) is 21.2 Å². The van der Waals surface area contributed by atoms with Crippen LogP contribution in [0.15, 0.2) is 82.8 Å². The van der Waals surface area contributed by atoms with Gasteiger partial charge >= 0.3 is 0 Å². The molecule has 0 unspecified atom stereocenters. The molecule has 0 heterocycles. The van der Waals surface area contributed by atoms with Gasteiger partial charge < -0.3 is 10.1 Å². The molecule has 0 bridgehead atoms. The molecule has 0 aromatic heterocycles. The highest BCUT2D eigenvalue weighted by Crippen LogP contribution is 2.28. The van der Waals surface area contributed by atoms with Crippen LogP contribution in [0.25, 0.3) is 6.08 Å². The highest BCUT2D eigenvalue weighted by atomic mass is 79.9. The average Bonchev–Trinajstić information content (AvgIpc) is 2.77. The fraction of sp³-hybridized carbons (Fsp3) is 0.0435. The smallest absolute Gasteiger partial charge is 0.292 e. The monoisotopic (exact) mass is 477 g/mol. The van der Waals surface area contributed by atoms with Crippen molar-refractivity contribution in [2.45, 2.75) is 6.61 Å². The van der Waals surface area contributed by atoms with Crippen molar-refractivity contribution in [1.29, 1.82) is 5.26 Å². The van der Waals surface area contributed by atoms with Gasteiger partial charge in [0.2, 0.25) is 0 Å². The van der Waals surface area contributed by atoms with Crippen LogP contribution in [0.5, 0.6) is 5.75 Å². The van der Waals surface area contributed by atoms with E-state index in [1.807, 2.05) is 36.4 Å². The minimum Gasteiger partial charge on any atom is -0.488 e. The van der Waals surface area contributed by atoms with Crippen LogP contribution in [0.4, 0.5) is 11.4 Å². The van der Waals surface area contributed by atoms with Gasteiger partial charge in [0, 0.05) is 6.07 Å². The van der Waals surface area contributed by atoms with Gasteiger partial charge in [-0.2, -0.15) is 5.26 Å². The van der Waals surface area contributed by atoms with Crippen molar-refractivity contribution < 1.29 is 14.5 Å². The predicted molar refractivity (Wildman–Crippen MR) is 120 cm³/mol. The normalized spacial score (nSPS) is 10.8. The molecule has 3 aromatic carbocycles. The van der Waals surface area contributed by atoms with Gasteiger partial charge in [0.15, 0.2) is 0 Å². The zero-order valence-corrected chi connectivity index (χ0v) is 17.7. The number of nitro groups is 1. The van der Waals surface area contributed by atoms with Gasteiger partial charge in [-0.1, -0.05) is 48.5 Å². The maximum Gasteiger partial charge on any atom is 0.292 e. The van der Waals surface area contributed by atoms with E-state index in [0.29, 0.717) is 22.4 Å². The summed E-state index contributed by atoms with van der Waals surface area (Å²) < 4.78 is 6.46. The Hall–Kier alpha value is -3.96. The van der Waals surface area contributed by atoms with Crippen LogP contribution in [-0.4, -0.2) is 10.8 Å². The molecular weight excluding hydrogens is 462 g/mol. The van der Waals surface area contributed by atoms with E-state index in [1.165, 1.54) is 24.3 Å². The van der Waals surface area contributed by atoms with Gasteiger partial charge in [-0.05, 0) is 51.3 Å². The van der Waals surface area contributed by atoms with E-state index in [1.54, 1.807) is 24.3 Å². The fourth-order valence-electron chi connectivity index (χ4n) is 2.70. The lowest BCUT2D eigenvalue weighted by Crippen LogP contribution is -2.14. The third kappa shape index (κ3) is 5.78. The van der Waals surface area contributed by atoms with Crippen molar-refractivity contribution in [3.05, 3.63) is 104 Å². The van der Waals surface area contributed by atoms with Crippen molar-refractivity contribution in [3.8, 4) is 11.8 Å². The Bertz CT molecular complexity index is 1190. The van der Waals surface area contributed by atoms with Crippen molar-refractivity contribution in [1.82, 2.24) is 0 Å². The largest absolute Gasteiger partial charge is 0.488 e. The van der Waals surface area contributed by atoms with Gasteiger partial charge in [-0.15, -0.1) is 0 Å². The molecule has 0 saturated carbocycles. The summed E-state index contributed by atoms with van der Waals surface area (Å²) in [6, 6.07) is 22.4. The van der Waals surface area contributed by atoms with Crippen molar-refractivity contribution in [2.75, 3.05) is 5.32 Å². The Labute approximate surface area is 186 Å². The predicted octanol–water partition coefficient (Wildman–Crippen LogP) is 5.48. The summed E-state index contributed by atoms with van der Waals surface area (Å²) in [5, 5.41) is 22.9. The summed E-state index contributed by atoms with van der Waals surface area (Å²) in [5.41, 5.74) is 1.19. The number of hydrogen-bond acceptors (Lipinski definition) is 5. The zero-order valence-electron chi connectivity index (χ0n) is 16.1. The van der Waals surface area contributed by atoms with Crippen LogP contribution in [0, 0.1) is 21.4 Å². The second kappa shape index (κ2) is 10.2. The second-order valence-electron chi connectivity index (χ2n) is 6.36. The van der Waals surface area contributed by atoms with E-state index in [-0.39, 0.29) is 16.9 Å². The summed E-state index contributed by atoms with van der Waals surface area (Å²) in [7, 11) is 0. The summed E-state index contributed by atoms with van der Waals surface area (Å²) >= 11 is 3.44. The first-order valence-corrected chi connectivity index (χ1v) is 9.90. The summed E-state index contributed by atoms with van der Waals surface area (Å²) in [5.74, 6) is -0.124. The second-order valence-corrected chi connectivity index (χ2v) is 7.22. The minimum absolute atomic E-state index is 0.0180. The summed E-state index contributed by atoms with van der Waals surface area (Å²) in [4.78, 5) is 23.0. The lowest BCUT2D eigenvalue weighted by Gasteiger charge is -2.09. The standard InChI is InChI=1S/C23H16BrN3O4/c24-19-13-17(10-11-22(19)31-15-16-6-2-1-3-7-16)12-18(14-25)23(28)26-20-8-4-5-9-21(20)27(29)30/h1-13H,15H2,(H,26,28). The van der Waals surface area contributed by atoms with E-state index in [4.69, 9.17) is 4.74 Å². The SMILES string of the molecule is N#CC(=Cc1ccc(OCc2ccccc2)c(Br)c1)C(=O)Nc1ccccc1[N+](=O)[O-]. The van der Waals surface area contributed by atoms with Crippen LogP contribution in [0.2, 0.25) is 0 Å². The van der Waals surface area contributed by atoms with Gasteiger partial charge in [0.25, 0.3) is 11.6 Å². The molecule has 0 radical (unpaired) electrons. The third-order valence-corrected chi connectivity index (χ3v) is 4.84. The number of nitro benzene ring substituents is 1. The number of carbonyl (C=O) groups excluding carboxylic acids is 1. The van der Waals surface area contributed by atoms with Gasteiger partial charge in [0.1, 0.15) is 29.7 Å². The quantitative estimate of drug-likeness (QED) is 0.210.